The summed E-state index contributed by atoms with van der Waals surface area (Å²) in [5.74, 6) is 0.125. The van der Waals surface area contributed by atoms with Crippen LogP contribution < -0.4 is 10.6 Å². The summed E-state index contributed by atoms with van der Waals surface area (Å²) in [5, 5.41) is 6.44. The Morgan fingerprint density at radius 3 is 2.77 bits per heavy atom. The molecule has 7 nitrogen and oxygen atoms in total. The second kappa shape index (κ2) is 8.03. The third-order valence-corrected chi connectivity index (χ3v) is 5.46. The maximum Gasteiger partial charge on any atom is 0.257 e. The average molecular weight is 466 g/mol. The van der Waals surface area contributed by atoms with Crippen LogP contribution in [0.15, 0.2) is 65.1 Å². The number of oxazole rings is 1. The summed E-state index contributed by atoms with van der Waals surface area (Å²) >= 11 is 12.4. The van der Waals surface area contributed by atoms with Gasteiger partial charge in [-0.3, -0.25) is 10.1 Å². The molecule has 2 heterocycles. The lowest BCUT2D eigenvalue weighted by atomic mass is 10.2. The Labute approximate surface area is 190 Å². The normalized spacial score (nSPS) is 11.0. The monoisotopic (exact) mass is 465 g/mol. The Morgan fingerprint density at radius 2 is 1.87 bits per heavy atom. The van der Waals surface area contributed by atoms with Gasteiger partial charge in [0.15, 0.2) is 10.7 Å². The van der Waals surface area contributed by atoms with E-state index >= 15 is 0 Å². The maximum absolute atomic E-state index is 12.5. The average Bonchev–Trinajstić information content (AvgIpc) is 3.39. The zero-order valence-electron chi connectivity index (χ0n) is 15.6. The van der Waals surface area contributed by atoms with Crippen molar-refractivity contribution in [3.63, 3.8) is 0 Å². The lowest BCUT2D eigenvalue weighted by molar-refractivity contribution is 0.0978. The molecule has 5 rings (SSSR count). The standard InChI is InChI=1S/C21H12ClN5O2S2/c22-13-5-7-18-17(10-13)24-20(29-18)12-2-1-3-14(8-12)23-21(30)25-19(28)11-4-6-15-16(9-11)27-31-26-15/h1-10H,(H2,23,25,28,30). The second-order valence-corrected chi connectivity index (χ2v) is 7.96. The van der Waals surface area contributed by atoms with Gasteiger partial charge in [0.2, 0.25) is 5.89 Å². The van der Waals surface area contributed by atoms with E-state index in [1.807, 2.05) is 24.3 Å². The number of nitrogens with one attached hydrogen (secondary N) is 2. The van der Waals surface area contributed by atoms with Crippen LogP contribution in [-0.2, 0) is 0 Å². The van der Waals surface area contributed by atoms with Crippen LogP contribution in [0.5, 0.6) is 0 Å². The van der Waals surface area contributed by atoms with Gasteiger partial charge in [0.25, 0.3) is 5.91 Å². The predicted molar refractivity (Wildman–Crippen MR) is 126 cm³/mol. The van der Waals surface area contributed by atoms with Gasteiger partial charge in [-0.05, 0) is 66.8 Å². The molecule has 31 heavy (non-hydrogen) atoms. The molecule has 3 aromatic carbocycles. The second-order valence-electron chi connectivity index (χ2n) is 6.59. The van der Waals surface area contributed by atoms with Crippen LogP contribution in [0, 0.1) is 0 Å². The number of thiocarbonyl (C=S) groups is 1. The van der Waals surface area contributed by atoms with Crippen molar-refractivity contribution in [2.45, 2.75) is 0 Å². The molecule has 0 atom stereocenters. The number of amides is 1. The van der Waals surface area contributed by atoms with E-state index in [0.717, 1.165) is 22.8 Å². The van der Waals surface area contributed by atoms with Gasteiger partial charge in [0, 0.05) is 21.8 Å². The largest absolute Gasteiger partial charge is 0.436 e. The highest BCUT2D eigenvalue weighted by atomic mass is 35.5. The van der Waals surface area contributed by atoms with E-state index < -0.39 is 0 Å². The van der Waals surface area contributed by atoms with E-state index in [4.69, 9.17) is 28.2 Å². The molecule has 0 unspecified atom stereocenters. The van der Waals surface area contributed by atoms with Crippen molar-refractivity contribution in [2.24, 2.45) is 0 Å². The van der Waals surface area contributed by atoms with Crippen LogP contribution >= 0.6 is 35.5 Å². The molecular weight excluding hydrogens is 454 g/mol. The fourth-order valence-corrected chi connectivity index (χ4v) is 3.91. The van der Waals surface area contributed by atoms with Crippen molar-refractivity contribution in [3.05, 3.63) is 71.2 Å². The lowest BCUT2D eigenvalue weighted by Crippen LogP contribution is -2.34. The van der Waals surface area contributed by atoms with E-state index in [1.165, 1.54) is 0 Å². The number of halogens is 1. The molecule has 10 heteroatoms. The fraction of sp³-hybridized carbons (Fsp3) is 0. The van der Waals surface area contributed by atoms with E-state index in [2.05, 4.69) is 24.4 Å². The van der Waals surface area contributed by atoms with Gasteiger partial charge in [-0.15, -0.1) is 0 Å². The highest BCUT2D eigenvalue weighted by molar-refractivity contribution is 7.80. The summed E-state index contributed by atoms with van der Waals surface area (Å²) < 4.78 is 14.1. The number of hydrogen-bond acceptors (Lipinski definition) is 7. The first-order valence-corrected chi connectivity index (χ1v) is 10.6. The minimum absolute atomic E-state index is 0.169. The summed E-state index contributed by atoms with van der Waals surface area (Å²) in [5.41, 5.74) is 4.63. The summed E-state index contributed by atoms with van der Waals surface area (Å²) in [6.07, 6.45) is 0. The first-order chi connectivity index (χ1) is 15.0. The van der Waals surface area contributed by atoms with Crippen LogP contribution in [0.1, 0.15) is 10.4 Å². The van der Waals surface area contributed by atoms with Gasteiger partial charge in [-0.25, -0.2) is 4.98 Å². The van der Waals surface area contributed by atoms with Crippen LogP contribution in [0.25, 0.3) is 33.6 Å². The van der Waals surface area contributed by atoms with Gasteiger partial charge < -0.3 is 9.73 Å². The number of nitrogens with zero attached hydrogens (tertiary/aromatic N) is 3. The fourth-order valence-electron chi connectivity index (χ4n) is 3.02. The van der Waals surface area contributed by atoms with Crippen LogP contribution in [0.4, 0.5) is 5.69 Å². The molecule has 2 N–H and O–H groups in total. The number of rotatable bonds is 3. The Balaban J connectivity index is 1.31. The first kappa shape index (κ1) is 19.6. The van der Waals surface area contributed by atoms with Crippen LogP contribution in [0.3, 0.4) is 0 Å². The Hall–Kier alpha value is -3.40. The highest BCUT2D eigenvalue weighted by Gasteiger charge is 2.12. The molecule has 0 bridgehead atoms. The molecule has 0 fully saturated rings. The van der Waals surface area contributed by atoms with Crippen molar-refractivity contribution in [2.75, 3.05) is 5.32 Å². The van der Waals surface area contributed by atoms with Gasteiger partial charge in [0.05, 0.1) is 11.7 Å². The zero-order valence-corrected chi connectivity index (χ0v) is 18.0. The Morgan fingerprint density at radius 1 is 1.00 bits per heavy atom. The zero-order chi connectivity index (χ0) is 21.4. The summed E-state index contributed by atoms with van der Waals surface area (Å²) in [6, 6.07) is 17.8. The summed E-state index contributed by atoms with van der Waals surface area (Å²) in [4.78, 5) is 17.0. The number of anilines is 1. The van der Waals surface area contributed by atoms with Gasteiger partial charge in [-0.2, -0.15) is 8.75 Å². The molecular formula is C21H12ClN5O2S2. The van der Waals surface area contributed by atoms with Gasteiger partial charge in [0.1, 0.15) is 16.6 Å². The summed E-state index contributed by atoms with van der Waals surface area (Å²) in [6.45, 7) is 0. The lowest BCUT2D eigenvalue weighted by Gasteiger charge is -2.10. The number of benzene rings is 3. The summed E-state index contributed by atoms with van der Waals surface area (Å²) in [7, 11) is 0. The predicted octanol–water partition coefficient (Wildman–Crippen LogP) is 5.28. The molecule has 0 aliphatic rings. The van der Waals surface area contributed by atoms with E-state index in [9.17, 15) is 4.79 Å². The number of hydrogen-bond donors (Lipinski definition) is 2. The highest BCUT2D eigenvalue weighted by Crippen LogP contribution is 2.27. The SMILES string of the molecule is O=C(NC(=S)Nc1cccc(-c2nc3cc(Cl)ccc3o2)c1)c1ccc2nsnc2c1. The third kappa shape index (κ3) is 4.11. The molecule has 1 amide bonds. The minimum atomic E-state index is -0.334. The van der Waals surface area contributed by atoms with E-state index in [-0.39, 0.29) is 11.0 Å². The van der Waals surface area contributed by atoms with Crippen molar-refractivity contribution in [1.82, 2.24) is 19.0 Å². The Bertz CT molecular complexity index is 1460. The van der Waals surface area contributed by atoms with Crippen LogP contribution in [0.2, 0.25) is 5.02 Å². The number of aromatic nitrogens is 3. The van der Waals surface area contributed by atoms with E-state index in [1.54, 1.807) is 36.4 Å². The Kier molecular flexibility index (Phi) is 5.06. The molecule has 0 saturated carbocycles. The first-order valence-electron chi connectivity index (χ1n) is 9.06. The molecule has 0 aliphatic carbocycles. The minimum Gasteiger partial charge on any atom is -0.436 e. The number of fused-ring (bicyclic) bond motifs is 2. The molecule has 5 aromatic rings. The van der Waals surface area contributed by atoms with Crippen molar-refractivity contribution < 1.29 is 9.21 Å². The molecule has 0 spiro atoms. The maximum atomic E-state index is 12.5. The quantitative estimate of drug-likeness (QED) is 0.350. The number of carbonyl (C=O) groups is 1. The molecule has 0 radical (unpaired) electrons. The van der Waals surface area contributed by atoms with Crippen molar-refractivity contribution >= 4 is 74.4 Å². The smallest absolute Gasteiger partial charge is 0.257 e. The topological polar surface area (TPSA) is 92.9 Å². The third-order valence-electron chi connectivity index (χ3n) is 4.46. The molecule has 2 aromatic heterocycles. The van der Waals surface area contributed by atoms with Crippen LogP contribution in [-0.4, -0.2) is 24.8 Å². The van der Waals surface area contributed by atoms with Gasteiger partial charge >= 0.3 is 0 Å². The van der Waals surface area contributed by atoms with Crippen molar-refractivity contribution in [3.8, 4) is 11.5 Å². The van der Waals surface area contributed by atoms with Crippen molar-refractivity contribution in [1.29, 1.82) is 0 Å². The molecule has 0 saturated heterocycles. The molecule has 152 valence electrons. The number of carbonyl (C=O) groups excluding carboxylic acids is 1. The molecule has 0 aliphatic heterocycles. The van der Waals surface area contributed by atoms with Gasteiger partial charge in [-0.1, -0.05) is 17.7 Å². The van der Waals surface area contributed by atoms with E-state index in [0.29, 0.717) is 38.8 Å².